The van der Waals surface area contributed by atoms with Crippen LogP contribution in [0.3, 0.4) is 0 Å². The third-order valence-corrected chi connectivity index (χ3v) is 5.95. The molecule has 1 aromatic carbocycles. The van der Waals surface area contributed by atoms with Gasteiger partial charge in [-0.25, -0.2) is 13.2 Å². The first-order chi connectivity index (χ1) is 12.3. The summed E-state index contributed by atoms with van der Waals surface area (Å²) in [6, 6.07) is 8.58. The smallest absolute Gasteiger partial charge is 0.315 e. The molecule has 7 nitrogen and oxygen atoms in total. The van der Waals surface area contributed by atoms with Gasteiger partial charge in [0.25, 0.3) is 0 Å². The lowest BCUT2D eigenvalue weighted by Gasteiger charge is -2.21. The van der Waals surface area contributed by atoms with Crippen LogP contribution in [0.4, 0.5) is 4.79 Å². The first kappa shape index (κ1) is 20.2. The molecule has 1 aliphatic rings. The van der Waals surface area contributed by atoms with Gasteiger partial charge >= 0.3 is 6.03 Å². The Morgan fingerprint density at radius 2 is 1.96 bits per heavy atom. The Labute approximate surface area is 155 Å². The number of nitrogens with zero attached hydrogens (tertiary/aromatic N) is 1. The summed E-state index contributed by atoms with van der Waals surface area (Å²) in [5, 5.41) is 5.43. The van der Waals surface area contributed by atoms with Crippen LogP contribution < -0.4 is 10.6 Å². The summed E-state index contributed by atoms with van der Waals surface area (Å²) in [6.45, 7) is 4.66. The molecule has 1 fully saturated rings. The maximum Gasteiger partial charge on any atom is 0.315 e. The van der Waals surface area contributed by atoms with Crippen molar-refractivity contribution in [1.29, 1.82) is 0 Å². The minimum Gasteiger partial charge on any atom is -0.338 e. The second-order valence-corrected chi connectivity index (χ2v) is 9.06. The molecule has 0 radical (unpaired) electrons. The van der Waals surface area contributed by atoms with Gasteiger partial charge in [0.05, 0.1) is 17.5 Å². The largest absolute Gasteiger partial charge is 0.338 e. The number of hydrogen-bond donors (Lipinski definition) is 2. The molecule has 1 atom stereocenters. The fourth-order valence-electron chi connectivity index (χ4n) is 2.96. The quantitative estimate of drug-likeness (QED) is 0.664. The molecule has 1 unspecified atom stereocenters. The Balaban J connectivity index is 1.66. The fraction of sp³-hybridized carbons (Fsp3) is 0.556. The molecule has 0 spiro atoms. The minimum atomic E-state index is -3.20. The lowest BCUT2D eigenvalue weighted by molar-refractivity contribution is -0.129. The first-order valence-electron chi connectivity index (χ1n) is 8.85. The lowest BCUT2D eigenvalue weighted by atomic mass is 10.2. The molecule has 26 heavy (non-hydrogen) atoms. The summed E-state index contributed by atoms with van der Waals surface area (Å²) in [5.41, 5.74) is 0.763. The van der Waals surface area contributed by atoms with Crippen molar-refractivity contribution in [2.24, 2.45) is 0 Å². The average Bonchev–Trinajstić information content (AvgIpc) is 2.93. The van der Waals surface area contributed by atoms with Crippen molar-refractivity contribution in [2.75, 3.05) is 18.8 Å². The maximum absolute atomic E-state index is 12.1. The zero-order chi connectivity index (χ0) is 19.2. The van der Waals surface area contributed by atoms with Gasteiger partial charge in [-0.15, -0.1) is 0 Å². The van der Waals surface area contributed by atoms with E-state index in [0.29, 0.717) is 19.4 Å². The standard InChI is InChI=1S/C18H27N3O4S/c1-14(2)21-12-16(11-17(21)22)20-18(23)19-9-6-10-26(24,25)13-15-7-4-3-5-8-15/h3-5,7-8,14,16H,6,9-13H2,1-2H3,(H2,19,20,23). The van der Waals surface area contributed by atoms with Crippen LogP contribution in [-0.4, -0.2) is 56.2 Å². The van der Waals surface area contributed by atoms with Crippen LogP contribution in [0.1, 0.15) is 32.3 Å². The van der Waals surface area contributed by atoms with Crippen LogP contribution in [0.15, 0.2) is 30.3 Å². The molecule has 1 aliphatic heterocycles. The third-order valence-electron chi connectivity index (χ3n) is 4.26. The Morgan fingerprint density at radius 3 is 2.58 bits per heavy atom. The number of amides is 3. The number of likely N-dealkylation sites (tertiary alicyclic amines) is 1. The van der Waals surface area contributed by atoms with E-state index in [-0.39, 0.29) is 42.1 Å². The van der Waals surface area contributed by atoms with Crippen LogP contribution in [0, 0.1) is 0 Å². The predicted octanol–water partition coefficient (Wildman–Crippen LogP) is 1.30. The van der Waals surface area contributed by atoms with Crippen molar-refractivity contribution in [3.05, 3.63) is 35.9 Å². The van der Waals surface area contributed by atoms with E-state index in [1.165, 1.54) is 0 Å². The summed E-state index contributed by atoms with van der Waals surface area (Å²) in [6.07, 6.45) is 0.654. The molecule has 8 heteroatoms. The molecule has 1 aromatic rings. The fourth-order valence-corrected chi connectivity index (χ4v) is 4.39. The highest BCUT2D eigenvalue weighted by Gasteiger charge is 2.31. The Morgan fingerprint density at radius 1 is 1.27 bits per heavy atom. The highest BCUT2D eigenvalue weighted by Crippen LogP contribution is 2.14. The van der Waals surface area contributed by atoms with Gasteiger partial charge in [-0.05, 0) is 25.8 Å². The lowest BCUT2D eigenvalue weighted by Crippen LogP contribution is -2.44. The molecular weight excluding hydrogens is 354 g/mol. The van der Waals surface area contributed by atoms with E-state index >= 15 is 0 Å². The molecular formula is C18H27N3O4S. The van der Waals surface area contributed by atoms with Gasteiger partial charge < -0.3 is 15.5 Å². The summed E-state index contributed by atoms with van der Waals surface area (Å²) in [7, 11) is -3.20. The topological polar surface area (TPSA) is 95.6 Å². The van der Waals surface area contributed by atoms with Crippen LogP contribution in [0.25, 0.3) is 0 Å². The second-order valence-electron chi connectivity index (χ2n) is 6.87. The van der Waals surface area contributed by atoms with E-state index in [2.05, 4.69) is 10.6 Å². The van der Waals surface area contributed by atoms with Crippen molar-refractivity contribution in [2.45, 2.75) is 44.5 Å². The van der Waals surface area contributed by atoms with Crippen molar-refractivity contribution in [3.63, 3.8) is 0 Å². The summed E-state index contributed by atoms with van der Waals surface area (Å²) >= 11 is 0. The van der Waals surface area contributed by atoms with Gasteiger partial charge in [-0.3, -0.25) is 4.79 Å². The van der Waals surface area contributed by atoms with Gasteiger partial charge in [-0.1, -0.05) is 30.3 Å². The first-order valence-corrected chi connectivity index (χ1v) is 10.7. The highest BCUT2D eigenvalue weighted by molar-refractivity contribution is 7.90. The van der Waals surface area contributed by atoms with Crippen molar-refractivity contribution >= 4 is 21.8 Å². The van der Waals surface area contributed by atoms with Gasteiger partial charge in [0.2, 0.25) is 5.91 Å². The second kappa shape index (κ2) is 9.02. The van der Waals surface area contributed by atoms with Gasteiger partial charge in [0.1, 0.15) is 0 Å². The van der Waals surface area contributed by atoms with E-state index in [4.69, 9.17) is 0 Å². The molecule has 0 aromatic heterocycles. The Kier molecular flexibility index (Phi) is 7.02. The monoisotopic (exact) mass is 381 g/mol. The van der Waals surface area contributed by atoms with Gasteiger partial charge in [0.15, 0.2) is 9.84 Å². The van der Waals surface area contributed by atoms with E-state index in [1.807, 2.05) is 32.0 Å². The van der Waals surface area contributed by atoms with E-state index < -0.39 is 9.84 Å². The summed E-state index contributed by atoms with van der Waals surface area (Å²) < 4.78 is 24.2. The Bertz CT molecular complexity index is 719. The maximum atomic E-state index is 12.1. The molecule has 2 N–H and O–H groups in total. The molecule has 1 heterocycles. The number of hydrogen-bond acceptors (Lipinski definition) is 4. The SMILES string of the molecule is CC(C)N1CC(NC(=O)NCCCS(=O)(=O)Cc2ccccc2)CC1=O. The average molecular weight is 381 g/mol. The van der Waals surface area contributed by atoms with Gasteiger partial charge in [-0.2, -0.15) is 0 Å². The zero-order valence-electron chi connectivity index (χ0n) is 15.3. The number of rotatable bonds is 8. The highest BCUT2D eigenvalue weighted by atomic mass is 32.2. The zero-order valence-corrected chi connectivity index (χ0v) is 16.1. The van der Waals surface area contributed by atoms with Crippen molar-refractivity contribution < 1.29 is 18.0 Å². The number of urea groups is 1. The predicted molar refractivity (Wildman–Crippen MR) is 100 cm³/mol. The molecule has 0 saturated carbocycles. The van der Waals surface area contributed by atoms with Crippen LogP contribution in [0.2, 0.25) is 0 Å². The number of carbonyl (C=O) groups excluding carboxylic acids is 2. The Hall–Kier alpha value is -2.09. The van der Waals surface area contributed by atoms with Crippen LogP contribution in [-0.2, 0) is 20.4 Å². The third kappa shape index (κ3) is 6.33. The van der Waals surface area contributed by atoms with Crippen LogP contribution >= 0.6 is 0 Å². The normalized spacial score (nSPS) is 17.6. The number of sulfone groups is 1. The molecule has 144 valence electrons. The summed E-state index contributed by atoms with van der Waals surface area (Å²) in [4.78, 5) is 25.4. The number of nitrogens with one attached hydrogen (secondary N) is 2. The van der Waals surface area contributed by atoms with Crippen molar-refractivity contribution in [3.8, 4) is 0 Å². The molecule has 3 amide bonds. The van der Waals surface area contributed by atoms with Gasteiger partial charge in [0, 0.05) is 25.6 Å². The van der Waals surface area contributed by atoms with E-state index in [0.717, 1.165) is 5.56 Å². The summed E-state index contributed by atoms with van der Waals surface area (Å²) in [5.74, 6) is 0.0674. The minimum absolute atomic E-state index is 0.00919. The van der Waals surface area contributed by atoms with E-state index in [9.17, 15) is 18.0 Å². The molecule has 1 saturated heterocycles. The molecule has 0 bridgehead atoms. The van der Waals surface area contributed by atoms with E-state index in [1.54, 1.807) is 17.0 Å². The van der Waals surface area contributed by atoms with Crippen LogP contribution in [0.5, 0.6) is 0 Å². The molecule has 0 aliphatic carbocycles. The molecule has 2 rings (SSSR count). The van der Waals surface area contributed by atoms with Crippen molar-refractivity contribution in [1.82, 2.24) is 15.5 Å². The number of benzene rings is 1. The number of carbonyl (C=O) groups is 2.